The first-order chi connectivity index (χ1) is 57.0. The molecule has 0 unspecified atom stereocenters. The third-order valence-electron chi connectivity index (χ3n) is 32.3. The molecule has 0 bridgehead atoms. The second-order valence-corrected chi connectivity index (χ2v) is 42.3. The molecule has 0 saturated heterocycles. The van der Waals surface area contributed by atoms with E-state index in [2.05, 4.69) is 114 Å². The van der Waals surface area contributed by atoms with Gasteiger partial charge < -0.3 is 10.2 Å². The van der Waals surface area contributed by atoms with Crippen molar-refractivity contribution in [2.75, 3.05) is 25.2 Å². The summed E-state index contributed by atoms with van der Waals surface area (Å²) in [5.41, 5.74) is 1.04. The Morgan fingerprint density at radius 2 is 0.642 bits per heavy atom. The molecule has 0 aromatic heterocycles. The van der Waals surface area contributed by atoms with Crippen molar-refractivity contribution in [3.05, 3.63) is 35.6 Å². The second-order valence-electron chi connectivity index (χ2n) is 41.2. The van der Waals surface area contributed by atoms with Crippen molar-refractivity contribution in [3.8, 4) is 48.4 Å². The van der Waals surface area contributed by atoms with Gasteiger partial charge in [0, 0.05) is 21.7 Å². The third-order valence-corrected chi connectivity index (χ3v) is 32.9. The van der Waals surface area contributed by atoms with Gasteiger partial charge in [-0.15, -0.1) is 18.8 Å². The van der Waals surface area contributed by atoms with E-state index in [9.17, 15) is 49.1 Å². The average molecular weight is 1850 g/mol. The largest absolute Gasteiger partial charge is 2.00 e. The first-order valence-electron chi connectivity index (χ1n) is 48.4. The maximum absolute atomic E-state index is 12.6. The fourth-order valence-electron chi connectivity index (χ4n) is 23.0. The number of rotatable bonds is 14. The molecule has 12 fully saturated rings. The number of carboxylic acid groups (broad SMARTS) is 2. The van der Waals surface area contributed by atoms with Gasteiger partial charge in [0.05, 0.1) is 11.5 Å². The Labute approximate surface area is 751 Å². The molecule has 13 rings (SSSR count). The SMILES string of the molecule is C#CC1(C)CCC(C2CCC(C)CC2)CC1.C#CC1(CCC2CCC(C)CC2)CCC(C2CCC(C)CC2)CC1.CC1CCC(CCC2(C#CC#CC3(C)CCC(C4CCC(C)CC4)CC3)CCC(C3CCC(C)CC3)CC2)CC1.FC1CCC(CCI)CC1.FCF.FCF.FCF.O=C(O)C1CCC(F)CC1.O=C(O)c1ccc(F)cc1.[Cu+2]. The molecule has 0 aliphatic heterocycles. The summed E-state index contributed by atoms with van der Waals surface area (Å²) in [5, 5.41) is 16.9. The standard InChI is InChI=1S/C40H64.C24H40.C16H26.C8H14FI.C7H11FO2.C7H5FO2.3CH2F2.Cu/c1-31-7-13-34(14-8-31)19-28-40(29-22-38(23-30-40)36-17-11-33(3)12-18-36)25-6-5-24-39(4)26-20-37(21-27-39)35-15-9-32(2)10-16-35;1-4-24(16-13-21-9-5-19(2)6-10-21)17-14-23(15-18-24)22-11-7-20(3)8-12-22;1-4-16(3)11-9-15(10-12-16)14-7-5-13(2)6-8-14;9-8-3-1-7(2-4-8)5-6-10;2*8-6-3-1-5(2-4-6)7(9)10;3*2-1-3;/h31-38H,7-23,26-30H2,1-4H3;1,19-23H,5-18H2,2-3H3;1,13-15H,5-12H2,2-3H3;7-8H,1-6H2;5-6H,1-4H2,(H,9,10);1-4H,(H,9,10);3*1H2;/q;;;;;;;;;+2. The van der Waals surface area contributed by atoms with Crippen molar-refractivity contribution < 1.29 is 76.4 Å². The Kier molecular flexibility index (Phi) is 54.6. The number of aromatic carboxylic acids is 1. The topological polar surface area (TPSA) is 74.6 Å². The molecule has 12 aliphatic rings. The molecule has 15 heteroatoms. The van der Waals surface area contributed by atoms with Crippen LogP contribution in [0.2, 0.25) is 0 Å². The molecular formula is C105H166CuF9IO4+2. The normalized spacial score (nSPS) is 36.5. The minimum Gasteiger partial charge on any atom is -0.481 e. The molecule has 0 amide bonds. The quantitative estimate of drug-likeness (QED) is 0.0640. The number of terminal acetylenes is 2. The summed E-state index contributed by atoms with van der Waals surface area (Å²) >= 11 is 2.40. The maximum Gasteiger partial charge on any atom is 2.00 e. The molecule has 120 heavy (non-hydrogen) atoms. The molecule has 0 spiro atoms. The monoisotopic (exact) mass is 1850 g/mol. The van der Waals surface area contributed by atoms with Crippen LogP contribution in [-0.4, -0.2) is 59.7 Å². The number of benzene rings is 1. The molecular weight excluding hydrogens is 1690 g/mol. The van der Waals surface area contributed by atoms with Crippen LogP contribution < -0.4 is 0 Å². The van der Waals surface area contributed by atoms with Gasteiger partial charge in [-0.25, -0.2) is 44.3 Å². The Morgan fingerprint density at radius 3 is 0.950 bits per heavy atom. The number of hydrogen-bond donors (Lipinski definition) is 2. The molecule has 2 N–H and O–H groups in total. The van der Waals surface area contributed by atoms with E-state index in [-0.39, 0.29) is 50.2 Å². The molecule has 1 radical (unpaired) electrons. The van der Waals surface area contributed by atoms with E-state index in [1.54, 1.807) is 0 Å². The Balaban J connectivity index is 0.000000322. The van der Waals surface area contributed by atoms with Crippen molar-refractivity contribution in [2.45, 2.75) is 408 Å². The number of hydrogen-bond acceptors (Lipinski definition) is 2. The van der Waals surface area contributed by atoms with Crippen LogP contribution in [0.25, 0.3) is 0 Å². The number of alkyl halides is 9. The van der Waals surface area contributed by atoms with Gasteiger partial charge in [0.25, 0.3) is 0 Å². The van der Waals surface area contributed by atoms with E-state index in [4.69, 9.17) is 23.1 Å². The van der Waals surface area contributed by atoms with E-state index in [0.29, 0.717) is 25.7 Å². The van der Waals surface area contributed by atoms with Crippen LogP contribution in [-0.2, 0) is 21.9 Å². The van der Waals surface area contributed by atoms with Gasteiger partial charge in [-0.05, 0) is 393 Å². The van der Waals surface area contributed by atoms with E-state index < -0.39 is 50.9 Å². The zero-order valence-electron chi connectivity index (χ0n) is 76.1. The van der Waals surface area contributed by atoms with Crippen LogP contribution in [0.15, 0.2) is 24.3 Å². The van der Waals surface area contributed by atoms with Gasteiger partial charge >= 0.3 is 29.0 Å². The number of carbonyl (C=O) groups is 2. The summed E-state index contributed by atoms with van der Waals surface area (Å²) < 4.78 is 96.2. The summed E-state index contributed by atoms with van der Waals surface area (Å²) in [7, 11) is 0. The van der Waals surface area contributed by atoms with Gasteiger partial charge in [-0.3, -0.25) is 4.79 Å². The van der Waals surface area contributed by atoms with Crippen LogP contribution >= 0.6 is 22.6 Å². The predicted octanol–water partition coefficient (Wildman–Crippen LogP) is 32.6. The molecule has 12 aliphatic carbocycles. The van der Waals surface area contributed by atoms with Gasteiger partial charge in [-0.2, -0.15) is 0 Å². The summed E-state index contributed by atoms with van der Waals surface area (Å²) in [6.07, 6.45) is 80.1. The van der Waals surface area contributed by atoms with Crippen LogP contribution in [0.4, 0.5) is 39.5 Å². The van der Waals surface area contributed by atoms with Crippen LogP contribution in [0.3, 0.4) is 0 Å². The molecule has 4 nitrogen and oxygen atoms in total. The summed E-state index contributed by atoms with van der Waals surface area (Å²) in [6, 6.07) is 4.67. The molecule has 12 saturated carbocycles. The third kappa shape index (κ3) is 41.9. The Morgan fingerprint density at radius 1 is 0.375 bits per heavy atom. The summed E-state index contributed by atoms with van der Waals surface area (Å²) in [5.74, 6) is 35.0. The predicted molar refractivity (Wildman–Crippen MR) is 487 cm³/mol. The number of carboxylic acids is 2. The van der Waals surface area contributed by atoms with E-state index in [0.717, 1.165) is 138 Å². The van der Waals surface area contributed by atoms with Gasteiger partial charge in [-0.1, -0.05) is 185 Å². The summed E-state index contributed by atoms with van der Waals surface area (Å²) in [6.45, 7) is 14.1. The fourth-order valence-corrected chi connectivity index (χ4v) is 23.9. The van der Waals surface area contributed by atoms with Crippen molar-refractivity contribution in [1.82, 2.24) is 0 Å². The molecule has 1 aromatic carbocycles. The first kappa shape index (κ1) is 109. The zero-order valence-corrected chi connectivity index (χ0v) is 79.2. The Hall–Kier alpha value is -2.98. The van der Waals surface area contributed by atoms with Crippen LogP contribution in [0.1, 0.15) is 406 Å². The van der Waals surface area contributed by atoms with Crippen molar-refractivity contribution in [1.29, 1.82) is 0 Å². The molecule has 689 valence electrons. The smallest absolute Gasteiger partial charge is 0.481 e. The minimum atomic E-state index is -1.75. The maximum atomic E-state index is 12.6. The number of aliphatic carboxylic acids is 1. The van der Waals surface area contributed by atoms with Gasteiger partial charge in [0.2, 0.25) is 20.8 Å². The zero-order chi connectivity index (χ0) is 87.2. The van der Waals surface area contributed by atoms with Gasteiger partial charge in [0.15, 0.2) is 0 Å². The summed E-state index contributed by atoms with van der Waals surface area (Å²) in [4.78, 5) is 20.5. The van der Waals surface area contributed by atoms with E-state index in [1.165, 1.54) is 305 Å². The molecule has 0 heterocycles. The average Bonchev–Trinajstić information content (AvgIpc) is 0.816. The van der Waals surface area contributed by atoms with Crippen LogP contribution in [0, 0.1) is 182 Å². The minimum absolute atomic E-state index is 0. The fraction of sp³-hybridized carbons (Fsp3) is 0.848. The van der Waals surface area contributed by atoms with Crippen molar-refractivity contribution in [2.24, 2.45) is 128 Å². The molecule has 0 atom stereocenters. The van der Waals surface area contributed by atoms with E-state index >= 15 is 0 Å². The van der Waals surface area contributed by atoms with E-state index in [1.807, 2.05) is 0 Å². The van der Waals surface area contributed by atoms with Crippen molar-refractivity contribution in [3.63, 3.8) is 0 Å². The molecule has 1 aromatic rings. The Bertz CT molecular complexity index is 3030. The number of halogens is 10. The first-order valence-corrected chi connectivity index (χ1v) is 50.0. The second kappa shape index (κ2) is 59.9. The van der Waals surface area contributed by atoms with Crippen molar-refractivity contribution >= 4 is 34.5 Å². The van der Waals surface area contributed by atoms with Crippen LogP contribution in [0.5, 0.6) is 0 Å². The van der Waals surface area contributed by atoms with Gasteiger partial charge in [0.1, 0.15) is 18.2 Å².